The summed E-state index contributed by atoms with van der Waals surface area (Å²) >= 11 is 0. The fraction of sp³-hybridized carbons (Fsp3) is 0.231. The third-order valence-corrected chi connectivity index (χ3v) is 3.12. The Morgan fingerprint density at radius 1 is 1.26 bits per heavy atom. The van der Waals surface area contributed by atoms with Gasteiger partial charge in [-0.25, -0.2) is 4.68 Å². The van der Waals surface area contributed by atoms with Crippen LogP contribution in [0.1, 0.15) is 17.0 Å². The minimum atomic E-state index is -0.161. The van der Waals surface area contributed by atoms with Crippen LogP contribution >= 0.6 is 0 Å². The van der Waals surface area contributed by atoms with Gasteiger partial charge in [-0.1, -0.05) is 22.5 Å². The van der Waals surface area contributed by atoms with E-state index in [2.05, 4.69) is 15.5 Å². The summed E-state index contributed by atoms with van der Waals surface area (Å²) in [6.45, 7) is 3.97. The third-order valence-electron chi connectivity index (χ3n) is 3.12. The van der Waals surface area contributed by atoms with Gasteiger partial charge in [0.15, 0.2) is 0 Å². The number of nitrogens with zero attached hydrogens (tertiary/aromatic N) is 4. The van der Waals surface area contributed by atoms with Gasteiger partial charge in [-0.15, -0.1) is 5.10 Å². The summed E-state index contributed by atoms with van der Waals surface area (Å²) in [5, 5.41) is 12.4. The lowest BCUT2D eigenvalue weighted by molar-refractivity contribution is 0.391. The van der Waals surface area contributed by atoms with Gasteiger partial charge in [-0.2, -0.15) is 0 Å². The first-order valence-electron chi connectivity index (χ1n) is 5.91. The van der Waals surface area contributed by atoms with Crippen molar-refractivity contribution in [3.05, 3.63) is 51.6 Å². The van der Waals surface area contributed by atoms with E-state index < -0.39 is 0 Å². The van der Waals surface area contributed by atoms with E-state index in [4.69, 9.17) is 4.52 Å². The SMILES string of the molecule is Cc1noc(C)c1Cn1nnc2ccccc2c1=O. The Morgan fingerprint density at radius 2 is 2.05 bits per heavy atom. The molecule has 6 nitrogen and oxygen atoms in total. The van der Waals surface area contributed by atoms with Crippen LogP contribution in [0.25, 0.3) is 10.9 Å². The Morgan fingerprint density at radius 3 is 2.79 bits per heavy atom. The topological polar surface area (TPSA) is 73.8 Å². The number of benzene rings is 1. The zero-order chi connectivity index (χ0) is 13.4. The molecule has 19 heavy (non-hydrogen) atoms. The molecule has 0 unspecified atom stereocenters. The Bertz CT molecular complexity index is 784. The summed E-state index contributed by atoms with van der Waals surface area (Å²) in [5.41, 5.74) is 2.07. The van der Waals surface area contributed by atoms with E-state index in [-0.39, 0.29) is 5.56 Å². The van der Waals surface area contributed by atoms with Crippen LogP contribution < -0.4 is 5.56 Å². The first-order valence-corrected chi connectivity index (χ1v) is 5.91. The number of aryl methyl sites for hydroxylation is 2. The highest BCUT2D eigenvalue weighted by atomic mass is 16.5. The lowest BCUT2D eigenvalue weighted by Crippen LogP contribution is -2.25. The predicted molar refractivity (Wildman–Crippen MR) is 68.9 cm³/mol. The van der Waals surface area contributed by atoms with Crippen LogP contribution in [0.5, 0.6) is 0 Å². The van der Waals surface area contributed by atoms with Crippen molar-refractivity contribution in [1.29, 1.82) is 0 Å². The molecule has 0 radical (unpaired) electrons. The van der Waals surface area contributed by atoms with Crippen molar-refractivity contribution < 1.29 is 4.52 Å². The number of hydrogen-bond acceptors (Lipinski definition) is 5. The maximum absolute atomic E-state index is 12.3. The molecule has 0 atom stereocenters. The van der Waals surface area contributed by atoms with E-state index in [1.807, 2.05) is 26.0 Å². The van der Waals surface area contributed by atoms with Gasteiger partial charge in [-0.3, -0.25) is 4.79 Å². The van der Waals surface area contributed by atoms with E-state index in [1.165, 1.54) is 4.68 Å². The molecule has 0 spiro atoms. The fourth-order valence-corrected chi connectivity index (χ4v) is 2.00. The summed E-state index contributed by atoms with van der Waals surface area (Å²) in [5.74, 6) is 0.694. The third kappa shape index (κ3) is 1.91. The first kappa shape index (κ1) is 11.6. The molecular weight excluding hydrogens is 244 g/mol. The highest BCUT2D eigenvalue weighted by molar-refractivity contribution is 5.76. The van der Waals surface area contributed by atoms with Crippen LogP contribution in [0.3, 0.4) is 0 Å². The summed E-state index contributed by atoms with van der Waals surface area (Å²) in [6.07, 6.45) is 0. The zero-order valence-electron chi connectivity index (χ0n) is 10.6. The molecule has 6 heteroatoms. The quantitative estimate of drug-likeness (QED) is 0.693. The number of rotatable bonds is 2. The van der Waals surface area contributed by atoms with Gasteiger partial charge >= 0.3 is 0 Å². The molecule has 2 aromatic heterocycles. The van der Waals surface area contributed by atoms with Gasteiger partial charge in [0.25, 0.3) is 5.56 Å². The first-order chi connectivity index (χ1) is 9.16. The number of fused-ring (bicyclic) bond motifs is 1. The largest absolute Gasteiger partial charge is 0.361 e. The van der Waals surface area contributed by atoms with Gasteiger partial charge in [0.2, 0.25) is 0 Å². The summed E-state index contributed by atoms with van der Waals surface area (Å²) in [6, 6.07) is 7.15. The summed E-state index contributed by atoms with van der Waals surface area (Å²) in [4.78, 5) is 12.3. The van der Waals surface area contributed by atoms with Crippen molar-refractivity contribution >= 4 is 10.9 Å². The molecule has 0 aliphatic heterocycles. The van der Waals surface area contributed by atoms with Crippen LogP contribution in [0.2, 0.25) is 0 Å². The lowest BCUT2D eigenvalue weighted by atomic mass is 10.2. The minimum Gasteiger partial charge on any atom is -0.361 e. The number of hydrogen-bond donors (Lipinski definition) is 0. The molecule has 0 amide bonds. The Hall–Kier alpha value is -2.50. The van der Waals surface area contributed by atoms with E-state index in [9.17, 15) is 4.79 Å². The van der Waals surface area contributed by atoms with E-state index in [0.29, 0.717) is 23.2 Å². The Labute approximate surface area is 108 Å². The monoisotopic (exact) mass is 256 g/mol. The predicted octanol–water partition coefficient (Wildman–Crippen LogP) is 1.44. The van der Waals surface area contributed by atoms with Crippen molar-refractivity contribution in [2.75, 3.05) is 0 Å². The maximum atomic E-state index is 12.3. The second-order valence-electron chi connectivity index (χ2n) is 4.37. The molecule has 2 heterocycles. The molecule has 0 aliphatic rings. The van der Waals surface area contributed by atoms with E-state index in [0.717, 1.165) is 11.3 Å². The van der Waals surface area contributed by atoms with Crippen LogP contribution in [-0.4, -0.2) is 20.2 Å². The molecule has 3 rings (SSSR count). The molecular formula is C13H12N4O2. The number of aromatic nitrogens is 4. The average molecular weight is 256 g/mol. The standard InChI is InChI=1S/C13H12N4O2/c1-8-11(9(2)19-15-8)7-17-13(18)10-5-3-4-6-12(10)14-16-17/h3-6H,7H2,1-2H3. The van der Waals surface area contributed by atoms with E-state index >= 15 is 0 Å². The van der Waals surface area contributed by atoms with Gasteiger partial charge in [0.05, 0.1) is 17.6 Å². The zero-order valence-corrected chi connectivity index (χ0v) is 10.6. The van der Waals surface area contributed by atoms with Crippen LogP contribution in [0.15, 0.2) is 33.6 Å². The van der Waals surface area contributed by atoms with Crippen molar-refractivity contribution in [3.63, 3.8) is 0 Å². The molecule has 1 aromatic carbocycles. The highest BCUT2D eigenvalue weighted by Gasteiger charge is 2.12. The van der Waals surface area contributed by atoms with Crippen molar-refractivity contribution in [1.82, 2.24) is 20.2 Å². The highest BCUT2D eigenvalue weighted by Crippen LogP contribution is 2.13. The Kier molecular flexibility index (Phi) is 2.63. The Balaban J connectivity index is 2.12. The second kappa shape index (κ2) is 4.31. The smallest absolute Gasteiger partial charge is 0.277 e. The molecule has 0 N–H and O–H groups in total. The average Bonchev–Trinajstić information content (AvgIpc) is 2.74. The van der Waals surface area contributed by atoms with Crippen LogP contribution in [0, 0.1) is 13.8 Å². The van der Waals surface area contributed by atoms with Crippen molar-refractivity contribution in [2.45, 2.75) is 20.4 Å². The van der Waals surface area contributed by atoms with Gasteiger partial charge in [0, 0.05) is 5.56 Å². The molecule has 0 saturated carbocycles. The summed E-state index contributed by atoms with van der Waals surface area (Å²) < 4.78 is 6.41. The fourth-order valence-electron chi connectivity index (χ4n) is 2.00. The van der Waals surface area contributed by atoms with Gasteiger partial charge in [0.1, 0.15) is 11.3 Å². The lowest BCUT2D eigenvalue weighted by Gasteiger charge is -2.04. The molecule has 96 valence electrons. The van der Waals surface area contributed by atoms with Gasteiger partial charge < -0.3 is 4.52 Å². The van der Waals surface area contributed by atoms with Crippen molar-refractivity contribution in [3.8, 4) is 0 Å². The summed E-state index contributed by atoms with van der Waals surface area (Å²) in [7, 11) is 0. The van der Waals surface area contributed by atoms with Crippen molar-refractivity contribution in [2.24, 2.45) is 0 Å². The normalized spacial score (nSPS) is 11.1. The molecule has 0 bridgehead atoms. The molecule has 0 saturated heterocycles. The van der Waals surface area contributed by atoms with Crippen LogP contribution in [-0.2, 0) is 6.54 Å². The van der Waals surface area contributed by atoms with Crippen LogP contribution in [0.4, 0.5) is 0 Å². The van der Waals surface area contributed by atoms with Gasteiger partial charge in [-0.05, 0) is 26.0 Å². The minimum absolute atomic E-state index is 0.161. The molecule has 0 fully saturated rings. The maximum Gasteiger partial charge on any atom is 0.277 e. The second-order valence-corrected chi connectivity index (χ2v) is 4.37. The molecule has 0 aliphatic carbocycles. The molecule has 3 aromatic rings. The van der Waals surface area contributed by atoms with E-state index in [1.54, 1.807) is 12.1 Å².